The zero-order chi connectivity index (χ0) is 19.0. The number of hydrogen-bond donors (Lipinski definition) is 0. The smallest absolute Gasteiger partial charge is 0.278 e. The van der Waals surface area contributed by atoms with Crippen LogP contribution in [0.1, 0.15) is 5.56 Å². The van der Waals surface area contributed by atoms with E-state index in [1.54, 1.807) is 41.4 Å². The van der Waals surface area contributed by atoms with Gasteiger partial charge in [-0.15, -0.1) is 4.40 Å². The number of ether oxygens (including phenoxy) is 1. The molecule has 0 bridgehead atoms. The Balaban J connectivity index is 1.60. The van der Waals surface area contributed by atoms with E-state index in [1.165, 1.54) is 6.20 Å². The summed E-state index contributed by atoms with van der Waals surface area (Å²) in [4.78, 5) is 1.66. The summed E-state index contributed by atoms with van der Waals surface area (Å²) in [5.41, 5.74) is 1.52. The first-order chi connectivity index (χ1) is 12.9. The second kappa shape index (κ2) is 6.88. The van der Waals surface area contributed by atoms with Crippen molar-refractivity contribution >= 4 is 44.6 Å². The molecule has 2 aliphatic heterocycles. The van der Waals surface area contributed by atoms with E-state index in [9.17, 15) is 8.42 Å². The van der Waals surface area contributed by atoms with Gasteiger partial charge in [0, 0.05) is 24.0 Å². The van der Waals surface area contributed by atoms with Crippen LogP contribution in [-0.4, -0.2) is 19.2 Å². The van der Waals surface area contributed by atoms with Crippen LogP contribution in [0, 0.1) is 0 Å². The maximum absolute atomic E-state index is 11.8. The van der Waals surface area contributed by atoms with Crippen LogP contribution in [0.2, 0.25) is 10.0 Å². The third-order valence-corrected chi connectivity index (χ3v) is 5.53. The minimum atomic E-state index is -3.61. The molecule has 4 rings (SSSR count). The summed E-state index contributed by atoms with van der Waals surface area (Å²) in [6.45, 7) is 0. The van der Waals surface area contributed by atoms with E-state index in [0.29, 0.717) is 33.0 Å². The molecule has 0 amide bonds. The van der Waals surface area contributed by atoms with E-state index in [4.69, 9.17) is 27.9 Å². The number of fused-ring (bicyclic) bond motifs is 1. The molecule has 0 saturated heterocycles. The van der Waals surface area contributed by atoms with Crippen molar-refractivity contribution in [2.24, 2.45) is 4.40 Å². The number of rotatable bonds is 3. The highest BCUT2D eigenvalue weighted by molar-refractivity contribution is 7.93. The maximum atomic E-state index is 11.8. The molecule has 2 aliphatic rings. The maximum Gasteiger partial charge on any atom is 0.278 e. The minimum absolute atomic E-state index is 0.359. The molecular formula is C19H12Cl2N2O3S. The Bertz CT molecular complexity index is 1130. The van der Waals surface area contributed by atoms with Crippen LogP contribution >= 0.6 is 23.2 Å². The van der Waals surface area contributed by atoms with Gasteiger partial charge in [-0.3, -0.25) is 0 Å². The normalized spacial score (nSPS) is 17.2. The SMILES string of the molecule is O=S1(=O)C=CN2C=CC=C(c3ccc(Oc4ccc(Cl)c(Cl)c4)cc3)C2=N1. The van der Waals surface area contributed by atoms with Gasteiger partial charge in [0.15, 0.2) is 5.84 Å². The number of benzene rings is 2. The Morgan fingerprint density at radius 3 is 2.41 bits per heavy atom. The number of halogens is 2. The fraction of sp³-hybridized carbons (Fsp3) is 0. The summed E-state index contributed by atoms with van der Waals surface area (Å²) < 4.78 is 33.2. The molecule has 8 heteroatoms. The summed E-state index contributed by atoms with van der Waals surface area (Å²) >= 11 is 11.9. The zero-order valence-corrected chi connectivity index (χ0v) is 16.0. The van der Waals surface area contributed by atoms with E-state index >= 15 is 0 Å². The van der Waals surface area contributed by atoms with Crippen molar-refractivity contribution in [2.45, 2.75) is 0 Å². The Labute approximate surface area is 166 Å². The standard InChI is InChI=1S/C19H12Cl2N2O3S/c20-17-8-7-15(12-18(17)21)26-14-5-3-13(4-6-14)16-2-1-9-23-10-11-27(24,25)22-19(16)23/h1-12H. The van der Waals surface area contributed by atoms with Gasteiger partial charge in [0.1, 0.15) is 11.5 Å². The Morgan fingerprint density at radius 2 is 1.67 bits per heavy atom. The third-order valence-electron chi connectivity index (χ3n) is 3.89. The van der Waals surface area contributed by atoms with Gasteiger partial charge in [-0.25, -0.2) is 0 Å². The number of amidine groups is 1. The van der Waals surface area contributed by atoms with E-state index in [0.717, 1.165) is 11.0 Å². The summed E-state index contributed by atoms with van der Waals surface area (Å²) in [6.07, 6.45) is 6.87. The molecule has 0 unspecified atom stereocenters. The van der Waals surface area contributed by atoms with Crippen molar-refractivity contribution in [1.29, 1.82) is 0 Å². The Kier molecular flexibility index (Phi) is 4.55. The van der Waals surface area contributed by atoms with Crippen LogP contribution in [0.5, 0.6) is 11.5 Å². The van der Waals surface area contributed by atoms with Gasteiger partial charge in [-0.2, -0.15) is 8.42 Å². The highest BCUT2D eigenvalue weighted by Crippen LogP contribution is 2.31. The molecule has 2 aromatic rings. The van der Waals surface area contributed by atoms with Crippen LogP contribution < -0.4 is 4.74 Å². The fourth-order valence-electron chi connectivity index (χ4n) is 2.63. The van der Waals surface area contributed by atoms with Gasteiger partial charge in [0.05, 0.1) is 15.5 Å². The average Bonchev–Trinajstić information content (AvgIpc) is 2.64. The molecule has 27 heavy (non-hydrogen) atoms. The quantitative estimate of drug-likeness (QED) is 0.685. The molecule has 0 saturated carbocycles. The van der Waals surface area contributed by atoms with Gasteiger partial charge in [0.25, 0.3) is 10.0 Å². The lowest BCUT2D eigenvalue weighted by Crippen LogP contribution is -2.27. The van der Waals surface area contributed by atoms with Crippen LogP contribution in [0.25, 0.3) is 5.57 Å². The van der Waals surface area contributed by atoms with E-state index in [2.05, 4.69) is 4.40 Å². The Morgan fingerprint density at radius 1 is 0.926 bits per heavy atom. The topological polar surface area (TPSA) is 59.0 Å². The lowest BCUT2D eigenvalue weighted by atomic mass is 10.0. The van der Waals surface area contributed by atoms with Crippen molar-refractivity contribution in [2.75, 3.05) is 0 Å². The van der Waals surface area contributed by atoms with Crippen LogP contribution in [0.3, 0.4) is 0 Å². The van der Waals surface area contributed by atoms with Crippen molar-refractivity contribution in [3.05, 3.63) is 88.0 Å². The third kappa shape index (κ3) is 3.78. The summed E-state index contributed by atoms with van der Waals surface area (Å²) in [5, 5.41) is 1.94. The van der Waals surface area contributed by atoms with Crippen LogP contribution in [0.4, 0.5) is 0 Å². The molecule has 2 aromatic carbocycles. The molecular weight excluding hydrogens is 407 g/mol. The van der Waals surface area contributed by atoms with Crippen molar-refractivity contribution in [3.63, 3.8) is 0 Å². The molecule has 0 aromatic heterocycles. The molecule has 0 spiro atoms. The minimum Gasteiger partial charge on any atom is -0.457 e. The molecule has 0 N–H and O–H groups in total. The van der Waals surface area contributed by atoms with Gasteiger partial charge in [-0.1, -0.05) is 35.3 Å². The first-order valence-electron chi connectivity index (χ1n) is 7.85. The fourth-order valence-corrected chi connectivity index (χ4v) is 3.70. The van der Waals surface area contributed by atoms with Crippen molar-refractivity contribution in [3.8, 4) is 11.5 Å². The lowest BCUT2D eigenvalue weighted by Gasteiger charge is -2.25. The summed E-state index contributed by atoms with van der Waals surface area (Å²) in [6, 6.07) is 12.3. The molecule has 0 atom stereocenters. The number of sulfonamides is 1. The van der Waals surface area contributed by atoms with Gasteiger partial charge in [0.2, 0.25) is 0 Å². The first kappa shape index (κ1) is 17.9. The zero-order valence-electron chi connectivity index (χ0n) is 13.7. The Hall–Kier alpha value is -2.54. The molecule has 136 valence electrons. The predicted octanol–water partition coefficient (Wildman–Crippen LogP) is 5.21. The molecule has 5 nitrogen and oxygen atoms in total. The number of allylic oxidation sites excluding steroid dienone is 2. The lowest BCUT2D eigenvalue weighted by molar-refractivity contribution is 0.482. The van der Waals surface area contributed by atoms with Crippen molar-refractivity contribution in [1.82, 2.24) is 4.90 Å². The van der Waals surface area contributed by atoms with Crippen molar-refractivity contribution < 1.29 is 13.2 Å². The van der Waals surface area contributed by atoms with E-state index < -0.39 is 10.0 Å². The highest BCUT2D eigenvalue weighted by Gasteiger charge is 2.23. The molecule has 0 radical (unpaired) electrons. The van der Waals surface area contributed by atoms with Gasteiger partial charge >= 0.3 is 0 Å². The number of hydrogen-bond acceptors (Lipinski definition) is 4. The second-order valence-corrected chi connectivity index (χ2v) is 8.05. The molecule has 0 fully saturated rings. The second-order valence-electron chi connectivity index (χ2n) is 5.75. The summed E-state index contributed by atoms with van der Waals surface area (Å²) in [7, 11) is -3.61. The predicted molar refractivity (Wildman–Crippen MR) is 107 cm³/mol. The summed E-state index contributed by atoms with van der Waals surface area (Å²) in [5.74, 6) is 1.54. The first-order valence-corrected chi connectivity index (χ1v) is 10.1. The monoisotopic (exact) mass is 418 g/mol. The molecule has 2 heterocycles. The van der Waals surface area contributed by atoms with E-state index in [1.807, 2.05) is 24.3 Å². The largest absolute Gasteiger partial charge is 0.457 e. The van der Waals surface area contributed by atoms with Gasteiger partial charge in [-0.05, 0) is 42.0 Å². The molecule has 0 aliphatic carbocycles. The van der Waals surface area contributed by atoms with Crippen LogP contribution in [-0.2, 0) is 10.0 Å². The highest BCUT2D eigenvalue weighted by atomic mass is 35.5. The van der Waals surface area contributed by atoms with Crippen LogP contribution in [0.15, 0.2) is 76.8 Å². The van der Waals surface area contributed by atoms with Gasteiger partial charge < -0.3 is 9.64 Å². The number of nitrogens with zero attached hydrogens (tertiary/aromatic N) is 2. The average molecular weight is 419 g/mol. The van der Waals surface area contributed by atoms with E-state index in [-0.39, 0.29) is 0 Å².